The predicted octanol–water partition coefficient (Wildman–Crippen LogP) is 2.36. The second kappa shape index (κ2) is 8.56. The van der Waals surface area contributed by atoms with Gasteiger partial charge in [0.05, 0.1) is 6.61 Å². The van der Waals surface area contributed by atoms with Gasteiger partial charge in [0, 0.05) is 31.6 Å². The van der Waals surface area contributed by atoms with Gasteiger partial charge in [0.15, 0.2) is 0 Å². The SMILES string of the molecule is COCCN1CC[C@H](CNC(=O)c2sc(C)cc2OC(F)F)C1. The summed E-state index contributed by atoms with van der Waals surface area (Å²) in [6.45, 7) is 2.84. The Morgan fingerprint density at radius 1 is 1.57 bits per heavy atom. The lowest BCUT2D eigenvalue weighted by molar-refractivity contribution is -0.0498. The van der Waals surface area contributed by atoms with Crippen LogP contribution in [-0.2, 0) is 4.74 Å². The van der Waals surface area contributed by atoms with Crippen LogP contribution in [0.4, 0.5) is 8.78 Å². The van der Waals surface area contributed by atoms with E-state index in [1.54, 1.807) is 14.0 Å². The molecule has 0 aromatic carbocycles. The van der Waals surface area contributed by atoms with Crippen molar-refractivity contribution in [2.75, 3.05) is 39.9 Å². The number of nitrogens with one attached hydrogen (secondary N) is 1. The third-order valence-corrected chi connectivity index (χ3v) is 4.81. The molecule has 0 unspecified atom stereocenters. The van der Waals surface area contributed by atoms with Crippen molar-refractivity contribution in [2.45, 2.75) is 20.0 Å². The molecule has 1 fully saturated rings. The molecule has 1 aliphatic rings. The van der Waals surface area contributed by atoms with Crippen LogP contribution in [0.15, 0.2) is 6.07 Å². The molecule has 1 aromatic rings. The summed E-state index contributed by atoms with van der Waals surface area (Å²) in [5.74, 6) is -0.0291. The van der Waals surface area contributed by atoms with Crippen LogP contribution in [0, 0.1) is 12.8 Å². The van der Waals surface area contributed by atoms with Crippen LogP contribution in [0.3, 0.4) is 0 Å². The van der Waals surface area contributed by atoms with E-state index in [2.05, 4.69) is 15.0 Å². The van der Waals surface area contributed by atoms with E-state index in [4.69, 9.17) is 4.74 Å². The molecule has 1 N–H and O–H groups in total. The molecular formula is C15H22F2N2O3S. The first-order chi connectivity index (χ1) is 11.0. The number of thiophene rings is 1. The first kappa shape index (κ1) is 18.1. The second-order valence-corrected chi connectivity index (χ2v) is 6.84. The smallest absolute Gasteiger partial charge is 0.387 e. The zero-order valence-electron chi connectivity index (χ0n) is 13.3. The van der Waals surface area contributed by atoms with Crippen molar-refractivity contribution in [1.29, 1.82) is 0 Å². The highest BCUT2D eigenvalue weighted by atomic mass is 32.1. The largest absolute Gasteiger partial charge is 0.433 e. The Morgan fingerprint density at radius 2 is 2.35 bits per heavy atom. The van der Waals surface area contributed by atoms with Gasteiger partial charge in [0.1, 0.15) is 10.6 Å². The Labute approximate surface area is 138 Å². The molecule has 0 aliphatic carbocycles. The Bertz CT molecular complexity index is 525. The average molecular weight is 348 g/mol. The lowest BCUT2D eigenvalue weighted by atomic mass is 10.1. The van der Waals surface area contributed by atoms with Gasteiger partial charge in [0.2, 0.25) is 0 Å². The van der Waals surface area contributed by atoms with Crippen LogP contribution >= 0.6 is 11.3 Å². The molecule has 8 heteroatoms. The van der Waals surface area contributed by atoms with E-state index in [0.717, 1.165) is 42.3 Å². The molecular weight excluding hydrogens is 326 g/mol. The number of alkyl halides is 2. The summed E-state index contributed by atoms with van der Waals surface area (Å²) in [6.07, 6.45) is 1.01. The van der Waals surface area contributed by atoms with Crippen molar-refractivity contribution in [3.05, 3.63) is 15.8 Å². The minimum Gasteiger partial charge on any atom is -0.433 e. The third-order valence-electron chi connectivity index (χ3n) is 3.78. The Kier molecular flexibility index (Phi) is 6.73. The molecule has 1 amide bonds. The highest BCUT2D eigenvalue weighted by molar-refractivity contribution is 7.14. The number of carbonyl (C=O) groups is 1. The number of halogens is 2. The standard InChI is InChI=1S/C15H22F2N2O3S/c1-10-7-12(22-15(16)17)13(23-10)14(20)18-8-11-3-4-19(9-11)5-6-21-2/h7,11,15H,3-6,8-9H2,1-2H3,(H,18,20)/t11-/m1/s1. The van der Waals surface area contributed by atoms with Crippen molar-refractivity contribution in [3.8, 4) is 5.75 Å². The van der Waals surface area contributed by atoms with Crippen LogP contribution in [0.25, 0.3) is 0 Å². The van der Waals surface area contributed by atoms with Gasteiger partial charge in [-0.1, -0.05) is 0 Å². The zero-order chi connectivity index (χ0) is 16.8. The van der Waals surface area contributed by atoms with E-state index in [0.29, 0.717) is 19.1 Å². The summed E-state index contributed by atoms with van der Waals surface area (Å²) >= 11 is 1.16. The van der Waals surface area contributed by atoms with E-state index in [9.17, 15) is 13.6 Å². The summed E-state index contributed by atoms with van der Waals surface area (Å²) in [7, 11) is 1.68. The Hall–Kier alpha value is -1.25. The van der Waals surface area contributed by atoms with Crippen molar-refractivity contribution >= 4 is 17.2 Å². The Balaban J connectivity index is 1.83. The molecule has 1 atom stereocenters. The number of hydrogen-bond donors (Lipinski definition) is 1. The van der Waals surface area contributed by atoms with Gasteiger partial charge < -0.3 is 19.7 Å². The van der Waals surface area contributed by atoms with E-state index in [1.165, 1.54) is 6.07 Å². The highest BCUT2D eigenvalue weighted by Gasteiger charge is 2.24. The molecule has 0 radical (unpaired) electrons. The third kappa shape index (κ3) is 5.40. The number of hydrogen-bond acceptors (Lipinski definition) is 5. The topological polar surface area (TPSA) is 50.8 Å². The molecule has 0 spiro atoms. The molecule has 1 saturated heterocycles. The maximum absolute atomic E-state index is 12.4. The summed E-state index contributed by atoms with van der Waals surface area (Å²) in [4.78, 5) is 15.5. The minimum absolute atomic E-state index is 0.0480. The van der Waals surface area contributed by atoms with Crippen molar-refractivity contribution in [3.63, 3.8) is 0 Å². The lowest BCUT2D eigenvalue weighted by Gasteiger charge is -2.15. The number of aryl methyl sites for hydroxylation is 1. The van der Waals surface area contributed by atoms with Crippen LogP contribution in [0.1, 0.15) is 21.0 Å². The molecule has 0 saturated carbocycles. The van der Waals surface area contributed by atoms with Crippen LogP contribution in [-0.4, -0.2) is 57.3 Å². The molecule has 1 aromatic heterocycles. The molecule has 2 rings (SSSR count). The summed E-state index contributed by atoms with van der Waals surface area (Å²) in [6, 6.07) is 1.47. The molecule has 130 valence electrons. The number of methoxy groups -OCH3 is 1. The van der Waals surface area contributed by atoms with Gasteiger partial charge in [0.25, 0.3) is 5.91 Å². The zero-order valence-corrected chi connectivity index (χ0v) is 14.1. The maximum atomic E-state index is 12.4. The van der Waals surface area contributed by atoms with Gasteiger partial charge >= 0.3 is 6.61 Å². The number of ether oxygens (including phenoxy) is 2. The number of amides is 1. The van der Waals surface area contributed by atoms with Gasteiger partial charge in [-0.05, 0) is 31.9 Å². The predicted molar refractivity (Wildman–Crippen MR) is 84.4 cm³/mol. The normalized spacial score (nSPS) is 18.6. The first-order valence-corrected chi connectivity index (χ1v) is 8.36. The number of carbonyl (C=O) groups excluding carboxylic acids is 1. The quantitative estimate of drug-likeness (QED) is 0.784. The summed E-state index contributed by atoms with van der Waals surface area (Å²) in [5, 5.41) is 2.83. The van der Waals surface area contributed by atoms with E-state index >= 15 is 0 Å². The molecule has 2 heterocycles. The highest BCUT2D eigenvalue weighted by Crippen LogP contribution is 2.30. The molecule has 23 heavy (non-hydrogen) atoms. The van der Waals surface area contributed by atoms with Crippen LogP contribution in [0.2, 0.25) is 0 Å². The van der Waals surface area contributed by atoms with E-state index < -0.39 is 6.61 Å². The Morgan fingerprint density at radius 3 is 3.04 bits per heavy atom. The van der Waals surface area contributed by atoms with Crippen molar-refractivity contribution < 1.29 is 23.0 Å². The molecule has 1 aliphatic heterocycles. The fourth-order valence-electron chi connectivity index (χ4n) is 2.65. The van der Waals surface area contributed by atoms with Gasteiger partial charge in [-0.3, -0.25) is 4.79 Å². The van der Waals surface area contributed by atoms with E-state index in [1.807, 2.05) is 0 Å². The van der Waals surface area contributed by atoms with Crippen molar-refractivity contribution in [1.82, 2.24) is 10.2 Å². The number of nitrogens with zero attached hydrogens (tertiary/aromatic N) is 1. The summed E-state index contributed by atoms with van der Waals surface area (Å²) < 4.78 is 34.2. The lowest BCUT2D eigenvalue weighted by Crippen LogP contribution is -2.31. The van der Waals surface area contributed by atoms with Gasteiger partial charge in [-0.25, -0.2) is 0 Å². The molecule has 0 bridgehead atoms. The fourth-order valence-corrected chi connectivity index (χ4v) is 3.51. The van der Waals surface area contributed by atoms with Crippen molar-refractivity contribution in [2.24, 2.45) is 5.92 Å². The minimum atomic E-state index is -2.93. The van der Waals surface area contributed by atoms with Crippen LogP contribution < -0.4 is 10.1 Å². The monoisotopic (exact) mass is 348 g/mol. The fraction of sp³-hybridized carbons (Fsp3) is 0.667. The molecule has 5 nitrogen and oxygen atoms in total. The van der Waals surface area contributed by atoms with E-state index in [-0.39, 0.29) is 16.5 Å². The van der Waals surface area contributed by atoms with Crippen LogP contribution in [0.5, 0.6) is 5.75 Å². The first-order valence-electron chi connectivity index (χ1n) is 7.54. The maximum Gasteiger partial charge on any atom is 0.387 e. The average Bonchev–Trinajstić information content (AvgIpc) is 3.08. The van der Waals surface area contributed by atoms with Gasteiger partial charge in [-0.2, -0.15) is 8.78 Å². The second-order valence-electron chi connectivity index (χ2n) is 5.59. The van der Waals surface area contributed by atoms with Gasteiger partial charge in [-0.15, -0.1) is 11.3 Å². The summed E-state index contributed by atoms with van der Waals surface area (Å²) in [5.41, 5.74) is 0. The number of likely N-dealkylation sites (tertiary alicyclic amines) is 1. The number of rotatable bonds is 8.